The van der Waals surface area contributed by atoms with Gasteiger partial charge in [0.1, 0.15) is 11.2 Å². The second kappa shape index (κ2) is 6.82. The quantitative estimate of drug-likeness (QED) is 0.608. The minimum atomic E-state index is -1.45. The van der Waals surface area contributed by atoms with E-state index in [0.717, 1.165) is 11.1 Å². The highest BCUT2D eigenvalue weighted by molar-refractivity contribution is 6.20. The molecule has 0 radical (unpaired) electrons. The van der Waals surface area contributed by atoms with Gasteiger partial charge in [0.2, 0.25) is 11.8 Å². The number of rotatable bonds is 4. The first-order valence-corrected chi connectivity index (χ1v) is 9.47. The Morgan fingerprint density at radius 3 is 2.43 bits per heavy atom. The van der Waals surface area contributed by atoms with Gasteiger partial charge >= 0.3 is 0 Å². The summed E-state index contributed by atoms with van der Waals surface area (Å²) in [5, 5.41) is 0. The van der Waals surface area contributed by atoms with Crippen molar-refractivity contribution in [2.75, 3.05) is 0 Å². The summed E-state index contributed by atoms with van der Waals surface area (Å²) in [5.41, 5.74) is 0.766. The van der Waals surface area contributed by atoms with Gasteiger partial charge in [-0.3, -0.25) is 24.1 Å². The van der Waals surface area contributed by atoms with Crippen molar-refractivity contribution in [3.05, 3.63) is 71.3 Å². The predicted octanol–water partition coefficient (Wildman–Crippen LogP) is 2.97. The van der Waals surface area contributed by atoms with E-state index < -0.39 is 17.2 Å². The van der Waals surface area contributed by atoms with E-state index in [0.29, 0.717) is 12.0 Å². The standard InChI is InChI=1S/C23H21NO4/c1-15(25)23(12-11-17-9-5-6-10-18(17)21(23)27)19-13-20(26)24(22(19)28)14-16-7-3-2-4-8-16/h2-10,19H,11-14H2,1H3. The van der Waals surface area contributed by atoms with Crippen LogP contribution in [-0.2, 0) is 27.3 Å². The van der Waals surface area contributed by atoms with Crippen LogP contribution in [0.2, 0.25) is 0 Å². The van der Waals surface area contributed by atoms with Crippen molar-refractivity contribution >= 4 is 23.4 Å². The molecule has 0 bridgehead atoms. The molecule has 28 heavy (non-hydrogen) atoms. The summed E-state index contributed by atoms with van der Waals surface area (Å²) in [4.78, 5) is 53.1. The molecule has 0 spiro atoms. The molecule has 2 aromatic rings. The first kappa shape index (κ1) is 18.3. The zero-order valence-corrected chi connectivity index (χ0v) is 15.7. The molecule has 1 saturated heterocycles. The summed E-state index contributed by atoms with van der Waals surface area (Å²) in [6.07, 6.45) is 0.707. The molecule has 0 saturated carbocycles. The maximum atomic E-state index is 13.4. The predicted molar refractivity (Wildman–Crippen MR) is 102 cm³/mol. The Morgan fingerprint density at radius 2 is 1.71 bits per heavy atom. The zero-order valence-electron chi connectivity index (χ0n) is 15.7. The summed E-state index contributed by atoms with van der Waals surface area (Å²) in [6.45, 7) is 1.53. The van der Waals surface area contributed by atoms with Crippen LogP contribution in [0, 0.1) is 11.3 Å². The molecule has 5 nitrogen and oxygen atoms in total. The smallest absolute Gasteiger partial charge is 0.234 e. The van der Waals surface area contributed by atoms with Gasteiger partial charge in [0.25, 0.3) is 0 Å². The van der Waals surface area contributed by atoms with Crippen LogP contribution in [0.4, 0.5) is 0 Å². The van der Waals surface area contributed by atoms with Gasteiger partial charge in [0.15, 0.2) is 5.78 Å². The number of amides is 2. The summed E-state index contributed by atoms with van der Waals surface area (Å²) >= 11 is 0. The fraction of sp³-hybridized carbons (Fsp3) is 0.304. The summed E-state index contributed by atoms with van der Waals surface area (Å²) in [7, 11) is 0. The number of nitrogens with zero attached hydrogens (tertiary/aromatic N) is 1. The molecule has 2 aliphatic rings. The van der Waals surface area contributed by atoms with Gasteiger partial charge in [-0.1, -0.05) is 54.6 Å². The second-order valence-electron chi connectivity index (χ2n) is 7.57. The lowest BCUT2D eigenvalue weighted by molar-refractivity contribution is -0.143. The second-order valence-corrected chi connectivity index (χ2v) is 7.57. The molecular weight excluding hydrogens is 354 g/mol. The lowest BCUT2D eigenvalue weighted by Gasteiger charge is -2.37. The number of benzene rings is 2. The number of carbonyl (C=O) groups is 4. The van der Waals surface area contributed by atoms with Crippen molar-refractivity contribution in [1.29, 1.82) is 0 Å². The van der Waals surface area contributed by atoms with Gasteiger partial charge in [-0.05, 0) is 30.9 Å². The van der Waals surface area contributed by atoms with Crippen molar-refractivity contribution in [2.24, 2.45) is 11.3 Å². The number of hydrogen-bond acceptors (Lipinski definition) is 4. The van der Waals surface area contributed by atoms with Crippen LogP contribution in [0.3, 0.4) is 0 Å². The van der Waals surface area contributed by atoms with Crippen LogP contribution in [0.25, 0.3) is 0 Å². The molecule has 2 unspecified atom stereocenters. The van der Waals surface area contributed by atoms with Gasteiger partial charge in [-0.15, -0.1) is 0 Å². The van der Waals surface area contributed by atoms with Crippen molar-refractivity contribution in [2.45, 2.75) is 32.7 Å². The molecule has 0 N–H and O–H groups in total. The third-order valence-corrected chi connectivity index (χ3v) is 6.11. The number of hydrogen-bond donors (Lipinski definition) is 0. The van der Waals surface area contributed by atoms with Crippen LogP contribution in [0.15, 0.2) is 54.6 Å². The number of aryl methyl sites for hydroxylation is 1. The molecule has 2 atom stereocenters. The largest absolute Gasteiger partial charge is 0.299 e. The Hall–Kier alpha value is -3.08. The average Bonchev–Trinajstić information content (AvgIpc) is 2.98. The summed E-state index contributed by atoms with van der Waals surface area (Å²) in [6, 6.07) is 16.4. The molecule has 1 heterocycles. The molecule has 5 heteroatoms. The average molecular weight is 375 g/mol. The van der Waals surface area contributed by atoms with Gasteiger partial charge in [0, 0.05) is 12.0 Å². The minimum Gasteiger partial charge on any atom is -0.299 e. The van der Waals surface area contributed by atoms with Crippen LogP contribution < -0.4 is 0 Å². The topological polar surface area (TPSA) is 71.5 Å². The number of likely N-dealkylation sites (tertiary alicyclic amines) is 1. The Kier molecular flexibility index (Phi) is 4.46. The number of ketones is 2. The van der Waals surface area contributed by atoms with Crippen LogP contribution >= 0.6 is 0 Å². The summed E-state index contributed by atoms with van der Waals surface area (Å²) in [5.74, 6) is -2.33. The Balaban J connectivity index is 1.70. The molecule has 2 aromatic carbocycles. The van der Waals surface area contributed by atoms with Gasteiger partial charge < -0.3 is 0 Å². The van der Waals surface area contributed by atoms with Gasteiger partial charge in [0.05, 0.1) is 12.5 Å². The van der Waals surface area contributed by atoms with Crippen LogP contribution in [-0.4, -0.2) is 28.3 Å². The van der Waals surface area contributed by atoms with E-state index in [4.69, 9.17) is 0 Å². The van der Waals surface area contributed by atoms with Crippen molar-refractivity contribution in [1.82, 2.24) is 4.90 Å². The number of imide groups is 1. The highest BCUT2D eigenvalue weighted by Crippen LogP contribution is 2.46. The number of fused-ring (bicyclic) bond motifs is 1. The lowest BCUT2D eigenvalue weighted by Crippen LogP contribution is -2.50. The lowest BCUT2D eigenvalue weighted by atomic mass is 9.61. The number of carbonyl (C=O) groups excluding carboxylic acids is 4. The maximum Gasteiger partial charge on any atom is 0.234 e. The minimum absolute atomic E-state index is 0.0981. The Morgan fingerprint density at radius 1 is 1.04 bits per heavy atom. The van der Waals surface area contributed by atoms with E-state index in [1.54, 1.807) is 12.1 Å². The van der Waals surface area contributed by atoms with E-state index >= 15 is 0 Å². The van der Waals surface area contributed by atoms with Crippen molar-refractivity contribution in [3.63, 3.8) is 0 Å². The molecule has 1 fully saturated rings. The van der Waals surface area contributed by atoms with Gasteiger partial charge in [-0.2, -0.15) is 0 Å². The SMILES string of the molecule is CC(=O)C1(C2CC(=O)N(Cc3ccccc3)C2=O)CCc2ccccc2C1=O. The number of Topliss-reactive ketones (excluding diaryl/α,β-unsaturated/α-hetero) is 2. The highest BCUT2D eigenvalue weighted by atomic mass is 16.2. The van der Waals surface area contributed by atoms with E-state index in [1.165, 1.54) is 11.8 Å². The fourth-order valence-corrected chi connectivity index (χ4v) is 4.56. The molecular formula is C23H21NO4. The first-order chi connectivity index (χ1) is 13.4. The van der Waals surface area contributed by atoms with Crippen molar-refractivity contribution < 1.29 is 19.2 Å². The highest BCUT2D eigenvalue weighted by Gasteiger charge is 2.59. The molecule has 2 amide bonds. The Bertz CT molecular complexity index is 981. The van der Waals surface area contributed by atoms with Crippen LogP contribution in [0.5, 0.6) is 0 Å². The summed E-state index contributed by atoms with van der Waals surface area (Å²) < 4.78 is 0. The van der Waals surface area contributed by atoms with E-state index in [-0.39, 0.29) is 36.9 Å². The molecule has 1 aliphatic heterocycles. The van der Waals surface area contributed by atoms with E-state index in [1.807, 2.05) is 42.5 Å². The molecule has 0 aromatic heterocycles. The third kappa shape index (κ3) is 2.70. The maximum absolute atomic E-state index is 13.4. The Labute approximate surface area is 163 Å². The fourth-order valence-electron chi connectivity index (χ4n) is 4.56. The molecule has 4 rings (SSSR count). The normalized spacial score (nSPS) is 24.4. The first-order valence-electron chi connectivity index (χ1n) is 9.47. The third-order valence-electron chi connectivity index (χ3n) is 6.11. The van der Waals surface area contributed by atoms with E-state index in [9.17, 15) is 19.2 Å². The molecule has 142 valence electrons. The van der Waals surface area contributed by atoms with Crippen LogP contribution in [0.1, 0.15) is 41.3 Å². The van der Waals surface area contributed by atoms with Gasteiger partial charge in [-0.25, -0.2) is 0 Å². The monoisotopic (exact) mass is 375 g/mol. The van der Waals surface area contributed by atoms with Crippen molar-refractivity contribution in [3.8, 4) is 0 Å². The van der Waals surface area contributed by atoms with E-state index in [2.05, 4.69) is 0 Å². The molecule has 1 aliphatic carbocycles. The zero-order chi connectivity index (χ0) is 19.9.